The lowest BCUT2D eigenvalue weighted by Crippen LogP contribution is -2.71. The van der Waals surface area contributed by atoms with Gasteiger partial charge >= 0.3 is 5.91 Å². The van der Waals surface area contributed by atoms with Crippen molar-refractivity contribution in [1.29, 1.82) is 21.0 Å². The molecule has 65 heavy (non-hydrogen) atoms. The number of hydrogen-bond acceptors (Lipinski definition) is 8. The summed E-state index contributed by atoms with van der Waals surface area (Å²) in [6, 6.07) is 43.5. The van der Waals surface area contributed by atoms with E-state index in [2.05, 4.69) is 186 Å². The second kappa shape index (κ2) is 15.5. The van der Waals surface area contributed by atoms with Crippen LogP contribution in [-0.4, -0.2) is 29.7 Å². The molecule has 8 heterocycles. The molecule has 0 amide bonds. The molecule has 0 radical (unpaired) electrons. The maximum atomic E-state index is 9.53. The SMILES string of the molecule is N#CSCc1cccc(C2=C3C=CC4=[N+]3C35n6c2ccc6C(c2cccc(CSC#N)c2)=C2C=CC(=[N+]23)C(c2cccc(CSC#N)c2)=c2ccc(n25)=C4c2cccc(CSC#N)c2)c1. The molecule has 4 aromatic carbocycles. The molecule has 12 heteroatoms. The van der Waals surface area contributed by atoms with Crippen molar-refractivity contribution in [2.75, 3.05) is 0 Å². The van der Waals surface area contributed by atoms with Crippen LogP contribution in [0.1, 0.15) is 55.9 Å². The lowest BCUT2D eigenvalue weighted by molar-refractivity contribution is -0.834. The summed E-state index contributed by atoms with van der Waals surface area (Å²) in [6.45, 7) is 0. The van der Waals surface area contributed by atoms with E-state index in [0.29, 0.717) is 23.0 Å². The summed E-state index contributed by atoms with van der Waals surface area (Å²) in [5, 5.41) is 49.3. The molecule has 0 aliphatic carbocycles. The Bertz CT molecular complexity index is 3440. The summed E-state index contributed by atoms with van der Waals surface area (Å²) >= 11 is 4.97. The van der Waals surface area contributed by atoms with Gasteiger partial charge in [-0.25, -0.2) is 0 Å². The predicted octanol–water partition coefficient (Wildman–Crippen LogP) is 9.28. The van der Waals surface area contributed by atoms with E-state index in [1.165, 1.54) is 47.0 Å². The number of benzene rings is 4. The van der Waals surface area contributed by atoms with Crippen molar-refractivity contribution in [3.05, 3.63) is 224 Å². The maximum absolute atomic E-state index is 9.53. The number of allylic oxidation sites excluding steroid dienone is 4. The topological polar surface area (TPSA) is 111 Å². The third-order valence-electron chi connectivity index (χ3n) is 12.8. The van der Waals surface area contributed by atoms with Crippen molar-refractivity contribution in [2.24, 2.45) is 0 Å². The molecular weight excluding hydrogens is 877 g/mol. The van der Waals surface area contributed by atoms with Gasteiger partial charge in [0.2, 0.25) is 22.8 Å². The van der Waals surface area contributed by atoms with Gasteiger partial charge in [-0.05, 0) is 140 Å². The second-order valence-electron chi connectivity index (χ2n) is 16.2. The molecule has 2 aromatic heterocycles. The zero-order valence-electron chi connectivity index (χ0n) is 34.4. The predicted molar refractivity (Wildman–Crippen MR) is 261 cm³/mol. The van der Waals surface area contributed by atoms with Crippen LogP contribution < -0.4 is 10.7 Å². The summed E-state index contributed by atoms with van der Waals surface area (Å²) in [4.78, 5) is 0. The van der Waals surface area contributed by atoms with E-state index < -0.39 is 5.91 Å². The number of nitriles is 4. The Hall–Kier alpha value is -7.16. The summed E-state index contributed by atoms with van der Waals surface area (Å²) in [5.74, 6) is 1.35. The molecule has 12 rings (SSSR count). The fourth-order valence-electron chi connectivity index (χ4n) is 10.6. The highest BCUT2D eigenvalue weighted by molar-refractivity contribution is 8.03. The highest BCUT2D eigenvalue weighted by atomic mass is 32.2. The fraction of sp³-hybridized carbons (Fsp3) is 0.0943. The minimum Gasteiger partial charge on any atom is -0.198 e. The van der Waals surface area contributed by atoms with Crippen LogP contribution in [0.2, 0.25) is 0 Å². The minimum absolute atomic E-state index is 0.581. The molecule has 6 aromatic rings. The zero-order valence-corrected chi connectivity index (χ0v) is 37.7. The van der Waals surface area contributed by atoms with Gasteiger partial charge in [-0.3, -0.25) is 0 Å². The molecule has 6 aliphatic rings. The Labute approximate surface area is 391 Å². The van der Waals surface area contributed by atoms with Crippen LogP contribution in [-0.2, 0) is 28.9 Å². The van der Waals surface area contributed by atoms with Crippen LogP contribution in [0.5, 0.6) is 0 Å². The molecule has 1 spiro atoms. The van der Waals surface area contributed by atoms with Crippen LogP contribution in [0.25, 0.3) is 22.3 Å². The van der Waals surface area contributed by atoms with Gasteiger partial charge in [-0.15, -0.1) is 0 Å². The van der Waals surface area contributed by atoms with Crippen LogP contribution >= 0.6 is 47.0 Å². The minimum atomic E-state index is -0.976. The summed E-state index contributed by atoms with van der Waals surface area (Å²) in [5.41, 5.74) is 19.4. The molecular formula is C53H32N8S4+2. The quantitative estimate of drug-likeness (QED) is 0.0884. The summed E-state index contributed by atoms with van der Waals surface area (Å²) < 4.78 is 10.2. The highest BCUT2D eigenvalue weighted by Crippen LogP contribution is 2.53. The van der Waals surface area contributed by atoms with Gasteiger partial charge in [0.05, 0.1) is 44.4 Å². The van der Waals surface area contributed by atoms with Crippen molar-refractivity contribution < 1.29 is 9.15 Å². The molecule has 0 saturated heterocycles. The van der Waals surface area contributed by atoms with Gasteiger partial charge in [-0.1, -0.05) is 81.9 Å². The maximum Gasteiger partial charge on any atom is 0.553 e. The van der Waals surface area contributed by atoms with E-state index in [0.717, 1.165) is 112 Å². The van der Waals surface area contributed by atoms with E-state index in [4.69, 9.17) is 0 Å². The third kappa shape index (κ3) is 5.72. The smallest absolute Gasteiger partial charge is 0.198 e. The lowest BCUT2D eigenvalue weighted by atomic mass is 9.92. The van der Waals surface area contributed by atoms with Crippen LogP contribution in [0, 0.1) is 42.7 Å². The number of thiocyanates is 4. The molecule has 8 nitrogen and oxygen atoms in total. The molecule has 0 fully saturated rings. The Morgan fingerprint density at radius 2 is 0.769 bits per heavy atom. The number of thioether (sulfide) groups is 4. The van der Waals surface area contributed by atoms with Gasteiger partial charge in [0.15, 0.2) is 0 Å². The largest absolute Gasteiger partial charge is 0.553 e. The van der Waals surface area contributed by atoms with Gasteiger partial charge in [-0.2, -0.15) is 30.2 Å². The normalized spacial score (nSPS) is 16.1. The number of rotatable bonds is 12. The van der Waals surface area contributed by atoms with Gasteiger partial charge in [0.1, 0.15) is 21.6 Å². The molecule has 0 bridgehead atoms. The fourth-order valence-corrected chi connectivity index (χ4v) is 12.3. The third-order valence-corrected chi connectivity index (χ3v) is 15.3. The van der Waals surface area contributed by atoms with Crippen LogP contribution in [0.3, 0.4) is 0 Å². The van der Waals surface area contributed by atoms with E-state index in [-0.39, 0.29) is 0 Å². The monoisotopic (exact) mass is 908 g/mol. The Morgan fingerprint density at radius 3 is 1.12 bits per heavy atom. The first-order chi connectivity index (χ1) is 32.1. The molecule has 6 aliphatic heterocycles. The molecule has 0 saturated carbocycles. The standard InChI is InChI=1S/C53H32N8S4/c54-29-62-25-33-5-1-9-37(21-33)49-41-13-15-43-50(38-10-2-6-34(22-38)26-63-30-55)45-17-19-47-52(40-12-4-8-36(24-40)28-65-32-57)48-20-18-46-51(39-11-3-7-35(23-39)27-64-31-56)44-16-14-42(49)59(44)53(58(41)43,60(45)47)61(46)48/h1-24H,25-28H2/q+2. The Balaban J connectivity index is 1.24. The van der Waals surface area contributed by atoms with E-state index >= 15 is 0 Å². The van der Waals surface area contributed by atoms with Gasteiger partial charge in [0, 0.05) is 47.3 Å². The molecule has 0 unspecified atom stereocenters. The average molecular weight is 909 g/mol. The van der Waals surface area contributed by atoms with Crippen LogP contribution in [0.4, 0.5) is 0 Å². The summed E-state index contributed by atoms with van der Waals surface area (Å²) in [7, 11) is 0. The number of hydrogen-bond donors (Lipinski definition) is 0. The van der Waals surface area contributed by atoms with Gasteiger partial charge in [0.25, 0.3) is 0 Å². The number of aromatic nitrogens is 2. The molecule has 0 atom stereocenters. The average Bonchev–Trinajstić information content (AvgIpc) is 4.18. The highest BCUT2D eigenvalue weighted by Gasteiger charge is 2.73. The van der Waals surface area contributed by atoms with Crippen molar-refractivity contribution in [3.8, 4) is 21.6 Å². The zero-order chi connectivity index (χ0) is 43.8. The van der Waals surface area contributed by atoms with E-state index in [9.17, 15) is 21.0 Å². The first kappa shape index (κ1) is 39.4. The first-order valence-electron chi connectivity index (χ1n) is 20.9. The second-order valence-corrected chi connectivity index (χ2v) is 19.2. The van der Waals surface area contributed by atoms with Gasteiger partial charge < -0.3 is 0 Å². The molecule has 0 N–H and O–H groups in total. The lowest BCUT2D eigenvalue weighted by Gasteiger charge is -2.41. The van der Waals surface area contributed by atoms with E-state index in [1.807, 2.05) is 0 Å². The molecule has 306 valence electrons. The van der Waals surface area contributed by atoms with Crippen molar-refractivity contribution in [3.63, 3.8) is 0 Å². The van der Waals surface area contributed by atoms with E-state index in [1.54, 1.807) is 0 Å². The Morgan fingerprint density at radius 1 is 0.415 bits per heavy atom. The van der Waals surface area contributed by atoms with Crippen molar-refractivity contribution in [1.82, 2.24) is 9.13 Å². The Kier molecular flexibility index (Phi) is 9.42. The number of nitrogens with zero attached hydrogens (tertiary/aromatic N) is 8. The van der Waals surface area contributed by atoms with Crippen molar-refractivity contribution >= 4 is 80.8 Å². The van der Waals surface area contributed by atoms with Crippen LogP contribution in [0.15, 0.2) is 157 Å². The first-order valence-corrected chi connectivity index (χ1v) is 24.8. The van der Waals surface area contributed by atoms with Crippen molar-refractivity contribution in [2.45, 2.75) is 28.9 Å². The summed E-state index contributed by atoms with van der Waals surface area (Å²) in [6.07, 6.45) is 9.12.